The lowest BCUT2D eigenvalue weighted by Crippen LogP contribution is -2.40. The molecule has 4 aromatic rings. The van der Waals surface area contributed by atoms with Crippen LogP contribution in [0.1, 0.15) is 31.0 Å². The summed E-state index contributed by atoms with van der Waals surface area (Å²) in [6.45, 7) is 3.79. The minimum atomic E-state index is -0.645. The van der Waals surface area contributed by atoms with Crippen molar-refractivity contribution in [1.82, 2.24) is 4.57 Å². The van der Waals surface area contributed by atoms with Crippen LogP contribution in [-0.4, -0.2) is 17.1 Å². The van der Waals surface area contributed by atoms with Gasteiger partial charge < -0.3 is 4.74 Å². The van der Waals surface area contributed by atoms with E-state index in [9.17, 15) is 9.59 Å². The molecule has 0 amide bonds. The number of ether oxygens (including phenoxy) is 1. The van der Waals surface area contributed by atoms with Crippen LogP contribution < -0.4 is 14.9 Å². The van der Waals surface area contributed by atoms with E-state index >= 15 is 0 Å². The molecule has 0 saturated carbocycles. The van der Waals surface area contributed by atoms with Gasteiger partial charge in [0.25, 0.3) is 5.56 Å². The maximum absolute atomic E-state index is 13.7. The lowest BCUT2D eigenvalue weighted by atomic mass is 9.91. The highest BCUT2D eigenvalue weighted by Crippen LogP contribution is 2.34. The molecule has 0 unspecified atom stereocenters. The van der Waals surface area contributed by atoms with E-state index in [1.54, 1.807) is 30.5 Å². The Morgan fingerprint density at radius 2 is 1.85 bits per heavy atom. The van der Waals surface area contributed by atoms with Crippen molar-refractivity contribution in [2.45, 2.75) is 19.9 Å². The molecule has 0 fully saturated rings. The zero-order valence-corrected chi connectivity index (χ0v) is 20.2. The fourth-order valence-electron chi connectivity index (χ4n) is 4.29. The molecule has 0 spiro atoms. The molecular weight excluding hydrogens is 468 g/mol. The van der Waals surface area contributed by atoms with Crippen molar-refractivity contribution in [2.75, 3.05) is 6.61 Å². The molecule has 1 aliphatic rings. The number of benzene rings is 3. The number of hydrogen-bond donors (Lipinski definition) is 0. The third kappa shape index (κ3) is 3.89. The topological polar surface area (TPSA) is 60.7 Å². The number of allylic oxidation sites excluding steroid dienone is 1. The van der Waals surface area contributed by atoms with E-state index in [-0.39, 0.29) is 12.2 Å². The number of thiazole rings is 1. The summed E-state index contributed by atoms with van der Waals surface area (Å²) in [5, 5.41) is 2.63. The number of esters is 1. The van der Waals surface area contributed by atoms with Crippen LogP contribution >= 0.6 is 22.9 Å². The first kappa shape index (κ1) is 22.3. The Bertz CT molecular complexity index is 1630. The first-order valence-electron chi connectivity index (χ1n) is 10.9. The van der Waals surface area contributed by atoms with Crippen molar-refractivity contribution >= 4 is 45.8 Å². The van der Waals surface area contributed by atoms with Crippen molar-refractivity contribution < 1.29 is 9.53 Å². The first-order chi connectivity index (χ1) is 16.5. The van der Waals surface area contributed by atoms with Crippen molar-refractivity contribution in [1.29, 1.82) is 0 Å². The van der Waals surface area contributed by atoms with E-state index in [0.717, 1.165) is 21.9 Å². The Balaban J connectivity index is 1.80. The monoisotopic (exact) mass is 488 g/mol. The number of nitrogens with zero attached hydrogens (tertiary/aromatic N) is 2. The molecule has 1 aromatic heterocycles. The molecule has 0 saturated heterocycles. The van der Waals surface area contributed by atoms with Gasteiger partial charge in [0.15, 0.2) is 4.80 Å². The van der Waals surface area contributed by atoms with Gasteiger partial charge in [0.2, 0.25) is 0 Å². The Kier molecular flexibility index (Phi) is 5.94. The van der Waals surface area contributed by atoms with Crippen molar-refractivity contribution in [2.24, 2.45) is 4.99 Å². The highest BCUT2D eigenvalue weighted by Gasteiger charge is 2.34. The van der Waals surface area contributed by atoms with Gasteiger partial charge in [-0.1, -0.05) is 77.5 Å². The molecule has 34 heavy (non-hydrogen) atoms. The van der Waals surface area contributed by atoms with Gasteiger partial charge in [-0.3, -0.25) is 9.36 Å². The lowest BCUT2D eigenvalue weighted by Gasteiger charge is -2.25. The fraction of sp³-hybridized carbons (Fsp3) is 0.148. The van der Waals surface area contributed by atoms with Crippen LogP contribution in [-0.2, 0) is 9.53 Å². The second-order valence-electron chi connectivity index (χ2n) is 7.92. The normalized spacial score (nSPS) is 15.9. The molecule has 1 atom stereocenters. The van der Waals surface area contributed by atoms with Crippen LogP contribution in [0.3, 0.4) is 0 Å². The van der Waals surface area contributed by atoms with Gasteiger partial charge in [-0.15, -0.1) is 0 Å². The van der Waals surface area contributed by atoms with Gasteiger partial charge in [0, 0.05) is 5.02 Å². The smallest absolute Gasteiger partial charge is 0.338 e. The molecule has 5 rings (SSSR count). The van der Waals surface area contributed by atoms with Crippen LogP contribution in [0.25, 0.3) is 16.8 Å². The predicted molar refractivity (Wildman–Crippen MR) is 136 cm³/mol. The zero-order chi connectivity index (χ0) is 23.8. The quantitative estimate of drug-likeness (QED) is 0.394. The van der Waals surface area contributed by atoms with Crippen LogP contribution in [0.15, 0.2) is 87.8 Å². The molecule has 5 nitrogen and oxygen atoms in total. The highest BCUT2D eigenvalue weighted by atomic mass is 35.5. The standard InChI is InChI=1S/C27H21ClN2O3S/c1-3-33-26(32)23-16(2)29-27-30(24(23)21-10-6-8-18-7-4-5-9-20(18)21)25(31)22(34-27)15-17-11-13-19(28)14-12-17/h4-15,24H,3H2,1-2H3/b22-15+/t24-/m1/s1. The van der Waals surface area contributed by atoms with Crippen LogP contribution in [0.4, 0.5) is 0 Å². The van der Waals surface area contributed by atoms with Crippen molar-refractivity contribution in [3.63, 3.8) is 0 Å². The fourth-order valence-corrected chi connectivity index (χ4v) is 5.46. The summed E-state index contributed by atoms with van der Waals surface area (Å²) in [6.07, 6.45) is 1.82. The Hall–Kier alpha value is -3.48. The van der Waals surface area contributed by atoms with E-state index in [4.69, 9.17) is 16.3 Å². The van der Waals surface area contributed by atoms with Crippen LogP contribution in [0.2, 0.25) is 5.02 Å². The van der Waals surface area contributed by atoms with Gasteiger partial charge in [0.1, 0.15) is 0 Å². The zero-order valence-electron chi connectivity index (χ0n) is 18.6. The number of fused-ring (bicyclic) bond motifs is 2. The van der Waals surface area contributed by atoms with Crippen LogP contribution in [0.5, 0.6) is 0 Å². The molecule has 7 heteroatoms. The van der Waals surface area contributed by atoms with Gasteiger partial charge >= 0.3 is 5.97 Å². The summed E-state index contributed by atoms with van der Waals surface area (Å²) in [4.78, 5) is 32.0. The SMILES string of the molecule is CCOC(=O)C1=C(C)N=c2s/c(=C/c3ccc(Cl)cc3)c(=O)n2[C@@H]1c1cccc2ccccc12. The lowest BCUT2D eigenvalue weighted by molar-refractivity contribution is -0.139. The minimum absolute atomic E-state index is 0.203. The van der Waals surface area contributed by atoms with Gasteiger partial charge in [-0.2, -0.15) is 0 Å². The summed E-state index contributed by atoms with van der Waals surface area (Å²) >= 11 is 7.31. The number of halogens is 1. The summed E-state index contributed by atoms with van der Waals surface area (Å²) < 4.78 is 7.55. The van der Waals surface area contributed by atoms with Crippen molar-refractivity contribution in [3.8, 4) is 0 Å². The molecule has 0 radical (unpaired) electrons. The van der Waals surface area contributed by atoms with E-state index in [2.05, 4.69) is 4.99 Å². The van der Waals surface area contributed by atoms with E-state index < -0.39 is 12.0 Å². The number of carbonyl (C=O) groups is 1. The second-order valence-corrected chi connectivity index (χ2v) is 9.37. The molecule has 0 aliphatic carbocycles. The molecule has 0 bridgehead atoms. The average molecular weight is 489 g/mol. The van der Waals surface area contributed by atoms with Gasteiger partial charge in [-0.05, 0) is 54.0 Å². The maximum Gasteiger partial charge on any atom is 0.338 e. The average Bonchev–Trinajstić information content (AvgIpc) is 3.13. The summed E-state index contributed by atoms with van der Waals surface area (Å²) in [7, 11) is 0. The van der Waals surface area contributed by atoms with E-state index in [1.807, 2.05) is 60.7 Å². The molecule has 3 aromatic carbocycles. The van der Waals surface area contributed by atoms with E-state index in [1.165, 1.54) is 11.3 Å². The second kappa shape index (κ2) is 9.05. The number of aromatic nitrogens is 1. The Labute approximate surface area is 204 Å². The molecule has 1 aliphatic heterocycles. The van der Waals surface area contributed by atoms with Gasteiger partial charge in [0.05, 0.1) is 28.5 Å². The summed E-state index contributed by atoms with van der Waals surface area (Å²) in [5.41, 5.74) is 2.44. The third-order valence-electron chi connectivity index (χ3n) is 5.80. The first-order valence-corrected chi connectivity index (χ1v) is 12.1. The number of hydrogen-bond acceptors (Lipinski definition) is 5. The number of carbonyl (C=O) groups excluding carboxylic acids is 1. The summed E-state index contributed by atoms with van der Waals surface area (Å²) in [6, 6.07) is 20.5. The Morgan fingerprint density at radius 3 is 2.62 bits per heavy atom. The van der Waals surface area contributed by atoms with E-state index in [0.29, 0.717) is 25.6 Å². The molecule has 2 heterocycles. The molecule has 0 N–H and O–H groups in total. The van der Waals surface area contributed by atoms with Crippen LogP contribution in [0, 0.1) is 0 Å². The van der Waals surface area contributed by atoms with Gasteiger partial charge in [-0.25, -0.2) is 9.79 Å². The molecular formula is C27H21ClN2O3S. The minimum Gasteiger partial charge on any atom is -0.463 e. The third-order valence-corrected chi connectivity index (χ3v) is 7.04. The predicted octanol–water partition coefficient (Wildman–Crippen LogP) is 4.60. The van der Waals surface area contributed by atoms with Crippen molar-refractivity contribution in [3.05, 3.63) is 114 Å². The Morgan fingerprint density at radius 1 is 1.12 bits per heavy atom. The summed E-state index contributed by atoms with van der Waals surface area (Å²) in [5.74, 6) is -0.464. The number of rotatable bonds is 4. The highest BCUT2D eigenvalue weighted by molar-refractivity contribution is 7.07. The largest absolute Gasteiger partial charge is 0.463 e. The molecule has 170 valence electrons. The maximum atomic E-state index is 13.7.